The fourth-order valence-electron chi connectivity index (χ4n) is 1.54. The van der Waals surface area contributed by atoms with Gasteiger partial charge in [-0.2, -0.15) is 13.2 Å². The lowest BCUT2D eigenvalue weighted by molar-refractivity contribution is -0.174. The van der Waals surface area contributed by atoms with E-state index >= 15 is 0 Å². The van der Waals surface area contributed by atoms with Crippen molar-refractivity contribution in [3.63, 3.8) is 0 Å². The summed E-state index contributed by atoms with van der Waals surface area (Å²) in [5, 5.41) is 0. The minimum absolute atomic E-state index is 0.00352. The molecule has 1 rings (SSSR count). The maximum atomic E-state index is 11.8. The first-order valence-electron chi connectivity index (χ1n) is 6.12. The summed E-state index contributed by atoms with van der Waals surface area (Å²) in [5.41, 5.74) is 6.68. The van der Waals surface area contributed by atoms with Crippen molar-refractivity contribution in [3.05, 3.63) is 28.2 Å². The molecule has 1 aromatic rings. The minimum atomic E-state index is -4.28. The average Bonchev–Trinajstić information content (AvgIpc) is 2.33. The zero-order valence-corrected chi connectivity index (χ0v) is 12.6. The third-order valence-electron chi connectivity index (χ3n) is 2.42. The van der Waals surface area contributed by atoms with Gasteiger partial charge >= 0.3 is 6.18 Å². The molecule has 1 aromatic carbocycles. The maximum absolute atomic E-state index is 11.8. The first-order valence-corrected chi connectivity index (χ1v) is 6.91. The Morgan fingerprint density at radius 2 is 2.00 bits per heavy atom. The topological polar surface area (TPSA) is 44.5 Å². The number of alkyl halides is 3. The van der Waals surface area contributed by atoms with Crippen molar-refractivity contribution < 1.29 is 22.6 Å². The fourth-order valence-corrected chi connectivity index (χ4v) is 1.92. The van der Waals surface area contributed by atoms with Gasteiger partial charge in [-0.25, -0.2) is 0 Å². The number of ether oxygens (including phenoxy) is 2. The van der Waals surface area contributed by atoms with Gasteiger partial charge in [0.05, 0.1) is 13.2 Å². The highest BCUT2D eigenvalue weighted by atomic mass is 79.9. The largest absolute Gasteiger partial charge is 0.493 e. The highest BCUT2D eigenvalue weighted by Gasteiger charge is 2.27. The summed E-state index contributed by atoms with van der Waals surface area (Å²) in [6, 6.07) is 5.27. The molecule has 0 bridgehead atoms. The van der Waals surface area contributed by atoms with Gasteiger partial charge < -0.3 is 15.2 Å². The molecule has 0 spiro atoms. The Kier molecular flexibility index (Phi) is 6.78. The molecule has 0 saturated heterocycles. The molecule has 0 aliphatic rings. The van der Waals surface area contributed by atoms with Crippen molar-refractivity contribution in [2.45, 2.75) is 25.6 Å². The van der Waals surface area contributed by atoms with Gasteiger partial charge in [0.1, 0.15) is 12.4 Å². The highest BCUT2D eigenvalue weighted by Crippen LogP contribution is 2.27. The fraction of sp³-hybridized carbons (Fsp3) is 0.538. The van der Waals surface area contributed by atoms with Gasteiger partial charge in [-0.15, -0.1) is 0 Å². The Balaban J connectivity index is 2.35. The molecule has 0 radical (unpaired) electrons. The van der Waals surface area contributed by atoms with Crippen LogP contribution in [0.15, 0.2) is 22.7 Å². The van der Waals surface area contributed by atoms with E-state index in [2.05, 4.69) is 20.7 Å². The van der Waals surface area contributed by atoms with E-state index < -0.39 is 12.8 Å². The Bertz CT molecular complexity index is 425. The lowest BCUT2D eigenvalue weighted by Gasteiger charge is -2.14. The Morgan fingerprint density at radius 1 is 1.30 bits per heavy atom. The summed E-state index contributed by atoms with van der Waals surface area (Å²) in [6.07, 6.45) is -3.90. The number of rotatable bonds is 7. The van der Waals surface area contributed by atoms with Crippen LogP contribution in [0.2, 0.25) is 0 Å². The molecular formula is C13H17BrF3NO2. The molecule has 0 fully saturated rings. The first-order chi connectivity index (χ1) is 9.29. The third kappa shape index (κ3) is 6.58. The molecule has 3 nitrogen and oxygen atoms in total. The quantitative estimate of drug-likeness (QED) is 0.756. The standard InChI is InChI=1S/C13H17BrF3NO2/c1-9(18)11-7-10(14)3-4-12(11)20-6-2-5-19-8-13(15,16)17/h3-4,7,9H,2,5-6,8,18H2,1H3/t9-/m1/s1. The van der Waals surface area contributed by atoms with Crippen LogP contribution in [0.5, 0.6) is 5.75 Å². The number of benzene rings is 1. The van der Waals surface area contributed by atoms with Crippen molar-refractivity contribution >= 4 is 15.9 Å². The van der Waals surface area contributed by atoms with Crippen LogP contribution < -0.4 is 10.5 Å². The van der Waals surface area contributed by atoms with Crippen molar-refractivity contribution in [3.8, 4) is 5.75 Å². The molecule has 0 aromatic heterocycles. The van der Waals surface area contributed by atoms with Gasteiger partial charge in [0.15, 0.2) is 0 Å². The van der Waals surface area contributed by atoms with E-state index in [1.165, 1.54) is 0 Å². The van der Waals surface area contributed by atoms with Crippen molar-refractivity contribution in [1.29, 1.82) is 0 Å². The van der Waals surface area contributed by atoms with Gasteiger partial charge in [0.25, 0.3) is 0 Å². The molecule has 0 heterocycles. The summed E-state index contributed by atoms with van der Waals surface area (Å²) in [5.74, 6) is 0.638. The predicted octanol–water partition coefficient (Wildman–Crippen LogP) is 3.82. The van der Waals surface area contributed by atoms with Crippen LogP contribution in [0.25, 0.3) is 0 Å². The monoisotopic (exact) mass is 355 g/mol. The van der Waals surface area contributed by atoms with E-state index in [1.54, 1.807) is 6.07 Å². The normalized spacial score (nSPS) is 13.3. The lowest BCUT2D eigenvalue weighted by Crippen LogP contribution is -2.18. The van der Waals surface area contributed by atoms with E-state index in [1.807, 2.05) is 19.1 Å². The predicted molar refractivity (Wildman–Crippen MR) is 73.7 cm³/mol. The van der Waals surface area contributed by atoms with Crippen molar-refractivity contribution in [2.24, 2.45) is 5.73 Å². The number of nitrogens with two attached hydrogens (primary N) is 1. The molecule has 2 N–H and O–H groups in total. The number of hydrogen-bond acceptors (Lipinski definition) is 3. The molecule has 0 unspecified atom stereocenters. The van der Waals surface area contributed by atoms with Crippen LogP contribution >= 0.6 is 15.9 Å². The number of hydrogen-bond donors (Lipinski definition) is 1. The Morgan fingerprint density at radius 3 is 2.60 bits per heavy atom. The van der Waals surface area contributed by atoms with Crippen molar-refractivity contribution in [1.82, 2.24) is 0 Å². The molecule has 114 valence electrons. The van der Waals surface area contributed by atoms with Crippen molar-refractivity contribution in [2.75, 3.05) is 19.8 Å². The second-order valence-corrected chi connectivity index (χ2v) is 5.26. The third-order valence-corrected chi connectivity index (χ3v) is 2.91. The summed E-state index contributed by atoms with van der Waals surface area (Å²) >= 11 is 3.35. The molecule has 20 heavy (non-hydrogen) atoms. The molecule has 0 amide bonds. The van der Waals surface area contributed by atoms with Crippen LogP contribution in [-0.4, -0.2) is 26.0 Å². The Hall–Kier alpha value is -0.790. The van der Waals surface area contributed by atoms with Gasteiger partial charge in [0, 0.05) is 22.5 Å². The molecule has 0 aliphatic carbocycles. The molecule has 1 atom stereocenters. The van der Waals surface area contributed by atoms with Gasteiger partial charge in [-0.1, -0.05) is 15.9 Å². The molecule has 0 saturated carbocycles. The summed E-state index contributed by atoms with van der Waals surface area (Å²) < 4.78 is 46.4. The van der Waals surface area contributed by atoms with E-state index in [-0.39, 0.29) is 19.3 Å². The lowest BCUT2D eigenvalue weighted by atomic mass is 10.1. The van der Waals surface area contributed by atoms with Crippen LogP contribution in [0, 0.1) is 0 Å². The van der Waals surface area contributed by atoms with E-state index in [4.69, 9.17) is 10.5 Å². The SMILES string of the molecule is C[C@@H](N)c1cc(Br)ccc1OCCCOCC(F)(F)F. The zero-order chi connectivity index (χ0) is 15.2. The number of halogens is 4. The molecule has 7 heteroatoms. The molecular weight excluding hydrogens is 339 g/mol. The van der Waals surface area contributed by atoms with E-state index in [9.17, 15) is 13.2 Å². The maximum Gasteiger partial charge on any atom is 0.411 e. The van der Waals surface area contributed by atoms with Crippen LogP contribution in [0.3, 0.4) is 0 Å². The summed E-state index contributed by atoms with van der Waals surface area (Å²) in [6.45, 7) is 0.889. The first kappa shape index (κ1) is 17.3. The smallest absolute Gasteiger partial charge is 0.411 e. The van der Waals surface area contributed by atoms with E-state index in [0.29, 0.717) is 12.2 Å². The van der Waals surface area contributed by atoms with E-state index in [0.717, 1.165) is 10.0 Å². The van der Waals surface area contributed by atoms with Gasteiger partial charge in [-0.05, 0) is 25.1 Å². The van der Waals surface area contributed by atoms with Gasteiger partial charge in [-0.3, -0.25) is 0 Å². The minimum Gasteiger partial charge on any atom is -0.493 e. The van der Waals surface area contributed by atoms with Crippen LogP contribution in [0.4, 0.5) is 13.2 Å². The van der Waals surface area contributed by atoms with Gasteiger partial charge in [0.2, 0.25) is 0 Å². The second-order valence-electron chi connectivity index (χ2n) is 4.34. The summed E-state index contributed by atoms with van der Waals surface area (Å²) in [7, 11) is 0. The Labute approximate surface area is 124 Å². The summed E-state index contributed by atoms with van der Waals surface area (Å²) in [4.78, 5) is 0. The average molecular weight is 356 g/mol. The highest BCUT2D eigenvalue weighted by molar-refractivity contribution is 9.10. The second kappa shape index (κ2) is 7.85. The zero-order valence-electron chi connectivity index (χ0n) is 11.0. The molecule has 0 aliphatic heterocycles. The van der Waals surface area contributed by atoms with Crippen LogP contribution in [0.1, 0.15) is 24.9 Å². The van der Waals surface area contributed by atoms with Crippen LogP contribution in [-0.2, 0) is 4.74 Å².